The van der Waals surface area contributed by atoms with E-state index in [9.17, 15) is 0 Å². The number of hydrogen-bond donors (Lipinski definition) is 2. The van der Waals surface area contributed by atoms with E-state index >= 15 is 0 Å². The highest BCUT2D eigenvalue weighted by Gasteiger charge is 2.17. The molecule has 0 amide bonds. The van der Waals surface area contributed by atoms with Gasteiger partial charge in [0.2, 0.25) is 0 Å². The molecule has 3 rings (SSSR count). The zero-order valence-corrected chi connectivity index (χ0v) is 12.5. The normalized spacial score (nSPS) is 12.8. The lowest BCUT2D eigenvalue weighted by molar-refractivity contribution is 0.632. The lowest BCUT2D eigenvalue weighted by Gasteiger charge is -2.15. The number of aromatic nitrogens is 1. The summed E-state index contributed by atoms with van der Waals surface area (Å²) in [5, 5.41) is 1.16. The maximum Gasteiger partial charge on any atom is 0.0974 e. The molecule has 2 heterocycles. The number of fused-ring (bicyclic) bond motifs is 1. The molecule has 2 aromatic heterocycles. The van der Waals surface area contributed by atoms with Crippen LogP contribution in [0.4, 0.5) is 0 Å². The number of benzene rings is 1. The molecule has 0 spiro atoms. The van der Waals surface area contributed by atoms with Crippen molar-refractivity contribution < 1.29 is 0 Å². The maximum absolute atomic E-state index is 6.00. The molecule has 0 aliphatic carbocycles. The Bertz CT molecular complexity index is 754. The fourth-order valence-electron chi connectivity index (χ4n) is 2.32. The van der Waals surface area contributed by atoms with Gasteiger partial charge in [-0.1, -0.05) is 29.8 Å². The third kappa shape index (κ3) is 2.43. The Morgan fingerprint density at radius 1 is 1.25 bits per heavy atom. The lowest BCUT2D eigenvalue weighted by Crippen LogP contribution is -2.29. The second-order valence-electron chi connectivity index (χ2n) is 4.62. The molecular formula is C15H14ClN3S. The van der Waals surface area contributed by atoms with Gasteiger partial charge in [0.15, 0.2) is 0 Å². The summed E-state index contributed by atoms with van der Waals surface area (Å²) in [6, 6.07) is 13.9. The summed E-state index contributed by atoms with van der Waals surface area (Å²) in [5.41, 5.74) is 5.90. The van der Waals surface area contributed by atoms with Crippen LogP contribution in [0.1, 0.15) is 22.2 Å². The van der Waals surface area contributed by atoms with Crippen molar-refractivity contribution in [2.24, 2.45) is 5.84 Å². The Labute approximate surface area is 126 Å². The van der Waals surface area contributed by atoms with Crippen LogP contribution in [0.3, 0.4) is 0 Å². The monoisotopic (exact) mass is 303 g/mol. The van der Waals surface area contributed by atoms with Crippen LogP contribution in [0.5, 0.6) is 0 Å². The Kier molecular flexibility index (Phi) is 3.72. The Balaban J connectivity index is 2.12. The Morgan fingerprint density at radius 3 is 2.75 bits per heavy atom. The molecule has 20 heavy (non-hydrogen) atoms. The molecule has 102 valence electrons. The molecule has 0 aliphatic heterocycles. The fourth-order valence-corrected chi connectivity index (χ4v) is 3.45. The number of rotatable bonds is 3. The summed E-state index contributed by atoms with van der Waals surface area (Å²) >= 11 is 7.51. The van der Waals surface area contributed by atoms with E-state index < -0.39 is 0 Å². The third-order valence-corrected chi connectivity index (χ3v) is 4.58. The van der Waals surface area contributed by atoms with Gasteiger partial charge < -0.3 is 0 Å². The van der Waals surface area contributed by atoms with E-state index in [1.165, 1.54) is 16.9 Å². The molecule has 0 saturated carbocycles. The largest absolute Gasteiger partial charge is 0.270 e. The first-order valence-electron chi connectivity index (χ1n) is 6.26. The number of aryl methyl sites for hydroxylation is 1. The minimum atomic E-state index is -0.143. The summed E-state index contributed by atoms with van der Waals surface area (Å²) in [6.45, 7) is 2.09. The molecule has 1 atom stereocenters. The smallest absolute Gasteiger partial charge is 0.0974 e. The average Bonchev–Trinajstić information content (AvgIpc) is 2.86. The molecule has 1 aromatic carbocycles. The molecule has 0 fully saturated rings. The van der Waals surface area contributed by atoms with Gasteiger partial charge in [0, 0.05) is 10.3 Å². The third-order valence-electron chi connectivity index (χ3n) is 3.28. The first kappa shape index (κ1) is 13.5. The van der Waals surface area contributed by atoms with Crippen molar-refractivity contribution >= 4 is 33.8 Å². The van der Waals surface area contributed by atoms with E-state index in [2.05, 4.69) is 24.5 Å². The van der Waals surface area contributed by atoms with Gasteiger partial charge in [0.25, 0.3) is 0 Å². The molecule has 3 nitrogen and oxygen atoms in total. The minimum Gasteiger partial charge on any atom is -0.270 e. The van der Waals surface area contributed by atoms with E-state index in [-0.39, 0.29) is 6.04 Å². The van der Waals surface area contributed by atoms with Crippen LogP contribution in [0.15, 0.2) is 42.5 Å². The van der Waals surface area contributed by atoms with E-state index in [4.69, 9.17) is 22.4 Å². The van der Waals surface area contributed by atoms with Gasteiger partial charge in [0.05, 0.1) is 21.6 Å². The molecular weight excluding hydrogens is 290 g/mol. The summed E-state index contributed by atoms with van der Waals surface area (Å²) < 4.78 is 0.748. The number of nitrogens with two attached hydrogens (primary N) is 1. The summed E-state index contributed by atoms with van der Waals surface area (Å²) in [6.07, 6.45) is 0. The first-order valence-corrected chi connectivity index (χ1v) is 7.46. The molecule has 5 heteroatoms. The molecule has 0 saturated heterocycles. The van der Waals surface area contributed by atoms with Crippen LogP contribution >= 0.6 is 22.9 Å². The number of para-hydroxylation sites is 1. The fraction of sp³-hybridized carbons (Fsp3) is 0.133. The van der Waals surface area contributed by atoms with Crippen LogP contribution in [0.25, 0.3) is 10.9 Å². The second kappa shape index (κ2) is 5.50. The lowest BCUT2D eigenvalue weighted by atomic mass is 10.1. The molecule has 0 bridgehead atoms. The van der Waals surface area contributed by atoms with Gasteiger partial charge in [-0.15, -0.1) is 11.3 Å². The Morgan fingerprint density at radius 2 is 2.05 bits per heavy atom. The van der Waals surface area contributed by atoms with Crippen LogP contribution < -0.4 is 11.3 Å². The topological polar surface area (TPSA) is 50.9 Å². The highest BCUT2D eigenvalue weighted by Crippen LogP contribution is 2.31. The highest BCUT2D eigenvalue weighted by molar-refractivity contribution is 7.16. The van der Waals surface area contributed by atoms with Crippen molar-refractivity contribution in [2.75, 3.05) is 0 Å². The number of nitrogens with one attached hydrogen (secondary N) is 1. The van der Waals surface area contributed by atoms with Crippen LogP contribution in [-0.2, 0) is 0 Å². The van der Waals surface area contributed by atoms with E-state index in [1.807, 2.05) is 30.3 Å². The number of pyridine rings is 1. The number of thiophene rings is 1. The number of halogens is 1. The molecule has 0 aliphatic rings. The van der Waals surface area contributed by atoms with Gasteiger partial charge in [-0.05, 0) is 36.8 Å². The van der Waals surface area contributed by atoms with Crippen molar-refractivity contribution in [2.45, 2.75) is 13.0 Å². The molecule has 3 aromatic rings. The van der Waals surface area contributed by atoms with E-state index in [0.29, 0.717) is 0 Å². The first-order chi connectivity index (χ1) is 9.69. The maximum atomic E-state index is 6.00. The van der Waals surface area contributed by atoms with Crippen LogP contribution in [0, 0.1) is 6.92 Å². The number of hydrazine groups is 1. The van der Waals surface area contributed by atoms with Crippen LogP contribution in [0.2, 0.25) is 4.34 Å². The quantitative estimate of drug-likeness (QED) is 0.571. The second-order valence-corrected chi connectivity index (χ2v) is 6.37. The summed E-state index contributed by atoms with van der Waals surface area (Å²) in [4.78, 5) is 5.77. The van der Waals surface area contributed by atoms with E-state index in [0.717, 1.165) is 25.8 Å². The van der Waals surface area contributed by atoms with Gasteiger partial charge in [0.1, 0.15) is 0 Å². The molecule has 0 radical (unpaired) electrons. The summed E-state index contributed by atoms with van der Waals surface area (Å²) in [5.74, 6) is 5.71. The number of nitrogens with zero attached hydrogens (tertiary/aromatic N) is 1. The zero-order valence-electron chi connectivity index (χ0n) is 10.9. The van der Waals surface area contributed by atoms with Crippen molar-refractivity contribution in [1.29, 1.82) is 0 Å². The zero-order chi connectivity index (χ0) is 14.1. The van der Waals surface area contributed by atoms with Gasteiger partial charge in [-0.3, -0.25) is 10.8 Å². The van der Waals surface area contributed by atoms with Gasteiger partial charge in [-0.25, -0.2) is 5.43 Å². The standard InChI is InChI=1S/C15H14ClN3S/c1-9-8-12(18-11-5-3-2-4-10(9)11)15(19-17)13-6-7-14(16)20-13/h2-8,15,19H,17H2,1H3. The van der Waals surface area contributed by atoms with Gasteiger partial charge >= 0.3 is 0 Å². The van der Waals surface area contributed by atoms with Crippen molar-refractivity contribution in [3.05, 3.63) is 62.9 Å². The van der Waals surface area contributed by atoms with E-state index in [1.54, 1.807) is 0 Å². The minimum absolute atomic E-state index is 0.143. The predicted octanol–water partition coefficient (Wildman–Crippen LogP) is 3.81. The predicted molar refractivity (Wildman–Crippen MR) is 85.0 cm³/mol. The molecule has 3 N–H and O–H groups in total. The Hall–Kier alpha value is -1.46. The average molecular weight is 304 g/mol. The molecule has 1 unspecified atom stereocenters. The summed E-state index contributed by atoms with van der Waals surface area (Å²) in [7, 11) is 0. The van der Waals surface area contributed by atoms with Crippen molar-refractivity contribution in [1.82, 2.24) is 10.4 Å². The van der Waals surface area contributed by atoms with Gasteiger partial charge in [-0.2, -0.15) is 0 Å². The van der Waals surface area contributed by atoms with Crippen LogP contribution in [-0.4, -0.2) is 4.98 Å². The number of hydrogen-bond acceptors (Lipinski definition) is 4. The SMILES string of the molecule is Cc1cc(C(NN)c2ccc(Cl)s2)nc2ccccc12. The highest BCUT2D eigenvalue weighted by atomic mass is 35.5. The van der Waals surface area contributed by atoms with Crippen molar-refractivity contribution in [3.63, 3.8) is 0 Å². The van der Waals surface area contributed by atoms with Crippen molar-refractivity contribution in [3.8, 4) is 0 Å².